The first-order chi connectivity index (χ1) is 14.5. The number of hydrogen-bond acceptors (Lipinski definition) is 3. The molecule has 7 nitrogen and oxygen atoms in total. The van der Waals surface area contributed by atoms with Crippen LogP contribution in [-0.4, -0.2) is 39.4 Å². The molecule has 2 aliphatic heterocycles. The zero-order valence-corrected chi connectivity index (χ0v) is 18.4. The molecule has 1 unspecified atom stereocenters. The van der Waals surface area contributed by atoms with Gasteiger partial charge in [0.15, 0.2) is 6.20 Å². The second-order valence-corrected chi connectivity index (χ2v) is 9.58. The summed E-state index contributed by atoms with van der Waals surface area (Å²) in [5, 5.41) is 7.59. The third kappa shape index (κ3) is 2.64. The summed E-state index contributed by atoms with van der Waals surface area (Å²) in [5.41, 5.74) is 1.74. The minimum Gasteiger partial charge on any atom is -0.349 e. The molecule has 1 N–H and O–H groups in total. The van der Waals surface area contributed by atoms with Crippen LogP contribution in [0.5, 0.6) is 0 Å². The number of piperazine rings is 1. The van der Waals surface area contributed by atoms with Crippen LogP contribution in [0.15, 0.2) is 30.5 Å². The first kappa shape index (κ1) is 19.9. The van der Waals surface area contributed by atoms with Gasteiger partial charge in [-0.25, -0.2) is 4.39 Å². The lowest BCUT2D eigenvalue weighted by atomic mass is 9.87. The van der Waals surface area contributed by atoms with Gasteiger partial charge in [0.1, 0.15) is 11.5 Å². The molecule has 0 spiro atoms. The lowest BCUT2D eigenvalue weighted by molar-refractivity contribution is -0.732. The number of hydrogen-bond donors (Lipinski definition) is 1. The minimum absolute atomic E-state index is 0.0123. The predicted octanol–water partition coefficient (Wildman–Crippen LogP) is 2.64. The van der Waals surface area contributed by atoms with Crippen LogP contribution in [0.25, 0.3) is 16.9 Å². The largest absolute Gasteiger partial charge is 0.349 e. The van der Waals surface area contributed by atoms with Crippen LogP contribution in [0.4, 0.5) is 4.39 Å². The quantitative estimate of drug-likeness (QED) is 0.589. The molecule has 31 heavy (non-hydrogen) atoms. The Balaban J connectivity index is 1.83. The highest BCUT2D eigenvalue weighted by molar-refractivity contribution is 6.31. The van der Waals surface area contributed by atoms with E-state index in [0.29, 0.717) is 35.7 Å². The summed E-state index contributed by atoms with van der Waals surface area (Å²) in [6.07, 6.45) is 1.67. The van der Waals surface area contributed by atoms with Gasteiger partial charge in [-0.15, -0.1) is 0 Å². The molecule has 1 atom stereocenters. The summed E-state index contributed by atoms with van der Waals surface area (Å²) >= 11 is 5.99. The van der Waals surface area contributed by atoms with E-state index in [9.17, 15) is 14.0 Å². The van der Waals surface area contributed by atoms with Crippen molar-refractivity contribution in [1.82, 2.24) is 19.8 Å². The standard InChI is InChI=1S/C22H21ClFN5O2/c1-21(2,3)13-10-16(12-5-6-15(24)14(23)9-12)26-28-11-17-19(30)27-8-7-25-20(31)22(27,4)29(17)18(13)28/h5-6,9-11H,7-8H2,1-4H3/p+1. The van der Waals surface area contributed by atoms with Crippen LogP contribution in [0.1, 0.15) is 43.7 Å². The lowest BCUT2D eigenvalue weighted by Gasteiger charge is -2.35. The van der Waals surface area contributed by atoms with Gasteiger partial charge in [-0.3, -0.25) is 14.5 Å². The fourth-order valence-electron chi connectivity index (χ4n) is 4.51. The maximum atomic E-state index is 13.7. The van der Waals surface area contributed by atoms with Crippen LogP contribution in [0, 0.1) is 5.82 Å². The SMILES string of the molecule is CC(C)(C)c1cc(-c2ccc(F)c(Cl)c2)nn2cc3[n+](c12)C1(C)C(=O)NCCN1C3=O. The van der Waals surface area contributed by atoms with Crippen molar-refractivity contribution in [1.29, 1.82) is 0 Å². The van der Waals surface area contributed by atoms with E-state index in [-0.39, 0.29) is 22.3 Å². The number of aromatic nitrogens is 3. The Morgan fingerprint density at radius 1 is 1.26 bits per heavy atom. The number of benzene rings is 1. The number of fused-ring (bicyclic) bond motifs is 5. The molecule has 2 aromatic heterocycles. The number of carbonyl (C=O) groups is 2. The molecule has 1 aromatic carbocycles. The third-order valence-electron chi connectivity index (χ3n) is 6.15. The molecule has 4 heterocycles. The van der Waals surface area contributed by atoms with Crippen LogP contribution in [0.3, 0.4) is 0 Å². The number of nitrogens with one attached hydrogen (secondary N) is 1. The highest BCUT2D eigenvalue weighted by Gasteiger charge is 2.60. The molecule has 2 amide bonds. The van der Waals surface area contributed by atoms with E-state index >= 15 is 0 Å². The zero-order valence-electron chi connectivity index (χ0n) is 17.7. The molecule has 3 aromatic rings. The molecule has 1 saturated heterocycles. The van der Waals surface area contributed by atoms with Gasteiger partial charge in [0.25, 0.3) is 11.6 Å². The summed E-state index contributed by atoms with van der Waals surface area (Å²) < 4.78 is 17.1. The van der Waals surface area contributed by atoms with Gasteiger partial charge in [0.05, 0.1) is 10.6 Å². The number of imidazole rings is 1. The third-order valence-corrected chi connectivity index (χ3v) is 6.44. The summed E-state index contributed by atoms with van der Waals surface area (Å²) in [7, 11) is 0. The molecule has 0 bridgehead atoms. The van der Waals surface area contributed by atoms with Crippen molar-refractivity contribution in [2.45, 2.75) is 38.8 Å². The highest BCUT2D eigenvalue weighted by Crippen LogP contribution is 2.35. The topological polar surface area (TPSA) is 70.6 Å². The molecule has 160 valence electrons. The van der Waals surface area contributed by atoms with E-state index in [4.69, 9.17) is 16.7 Å². The van der Waals surface area contributed by atoms with Crippen molar-refractivity contribution in [2.24, 2.45) is 0 Å². The van der Waals surface area contributed by atoms with E-state index in [1.807, 2.05) is 6.07 Å². The minimum atomic E-state index is -1.16. The fraction of sp³-hybridized carbons (Fsp3) is 0.364. The normalized spacial score (nSPS) is 20.8. The molecule has 2 aliphatic rings. The van der Waals surface area contributed by atoms with Crippen molar-refractivity contribution in [3.05, 3.63) is 52.6 Å². The summed E-state index contributed by atoms with van der Waals surface area (Å²) in [6.45, 7) is 8.80. The molecule has 9 heteroatoms. The van der Waals surface area contributed by atoms with Crippen molar-refractivity contribution < 1.29 is 18.5 Å². The van der Waals surface area contributed by atoms with Crippen LogP contribution < -0.4 is 9.88 Å². The summed E-state index contributed by atoms with van der Waals surface area (Å²) in [4.78, 5) is 27.7. The molecule has 5 rings (SSSR count). The number of amides is 2. The van der Waals surface area contributed by atoms with Gasteiger partial charge < -0.3 is 5.32 Å². The first-order valence-corrected chi connectivity index (χ1v) is 10.5. The number of nitrogens with zero attached hydrogens (tertiary/aromatic N) is 4. The van der Waals surface area contributed by atoms with Crippen molar-refractivity contribution in [3.8, 4) is 11.3 Å². The summed E-state index contributed by atoms with van der Waals surface area (Å²) in [5.74, 6) is -0.924. The highest BCUT2D eigenvalue weighted by atomic mass is 35.5. The number of halogens is 2. The molecule has 0 aliphatic carbocycles. The molecular weight excluding hydrogens is 421 g/mol. The van der Waals surface area contributed by atoms with Crippen LogP contribution >= 0.6 is 11.6 Å². The van der Waals surface area contributed by atoms with Gasteiger partial charge in [-0.1, -0.05) is 42.0 Å². The predicted molar refractivity (Wildman–Crippen MR) is 112 cm³/mol. The smallest absolute Gasteiger partial charge is 0.314 e. The average molecular weight is 443 g/mol. The van der Waals surface area contributed by atoms with Gasteiger partial charge in [-0.05, 0) is 29.7 Å². The van der Waals surface area contributed by atoms with Crippen molar-refractivity contribution in [3.63, 3.8) is 0 Å². The Labute approximate surface area is 183 Å². The molecule has 1 fully saturated rings. The number of rotatable bonds is 1. The Bertz CT molecular complexity index is 1300. The maximum absolute atomic E-state index is 13.7. The van der Waals surface area contributed by atoms with E-state index in [1.54, 1.807) is 33.2 Å². The fourth-order valence-corrected chi connectivity index (χ4v) is 4.69. The van der Waals surface area contributed by atoms with Crippen molar-refractivity contribution in [2.75, 3.05) is 13.1 Å². The molecule has 0 saturated carbocycles. The van der Waals surface area contributed by atoms with Gasteiger partial charge in [0, 0.05) is 25.6 Å². The summed E-state index contributed by atoms with van der Waals surface area (Å²) in [6, 6.07) is 6.38. The Morgan fingerprint density at radius 3 is 2.68 bits per heavy atom. The average Bonchev–Trinajstić information content (AvgIpc) is 3.19. The molecule has 0 radical (unpaired) electrons. The van der Waals surface area contributed by atoms with Crippen LogP contribution in [-0.2, 0) is 15.9 Å². The van der Waals surface area contributed by atoms with Gasteiger partial charge in [0.2, 0.25) is 5.69 Å². The van der Waals surface area contributed by atoms with E-state index in [2.05, 4.69) is 26.1 Å². The number of carbonyl (C=O) groups excluding carboxylic acids is 2. The van der Waals surface area contributed by atoms with E-state index in [0.717, 1.165) is 5.56 Å². The lowest BCUT2D eigenvalue weighted by Crippen LogP contribution is -2.71. The Hall–Kier alpha value is -3.00. The first-order valence-electron chi connectivity index (χ1n) is 10.1. The maximum Gasteiger partial charge on any atom is 0.314 e. The van der Waals surface area contributed by atoms with E-state index in [1.165, 1.54) is 12.1 Å². The van der Waals surface area contributed by atoms with Crippen LogP contribution in [0.2, 0.25) is 5.02 Å². The Morgan fingerprint density at radius 2 is 2.00 bits per heavy atom. The van der Waals surface area contributed by atoms with E-state index < -0.39 is 11.5 Å². The Kier molecular flexibility index (Phi) is 4.02. The molecular formula is C22H22ClFN5O2+. The zero-order chi connectivity index (χ0) is 22.3. The van der Waals surface area contributed by atoms with Crippen molar-refractivity contribution >= 4 is 29.1 Å². The second-order valence-electron chi connectivity index (χ2n) is 9.17. The monoisotopic (exact) mass is 442 g/mol. The second kappa shape index (κ2) is 6.26. The van der Waals surface area contributed by atoms with Gasteiger partial charge in [-0.2, -0.15) is 4.57 Å². The van der Waals surface area contributed by atoms with Gasteiger partial charge >= 0.3 is 11.6 Å².